The predicted molar refractivity (Wildman–Crippen MR) is 81.9 cm³/mol. The minimum Gasteiger partial charge on any atom is -0.303 e. The maximum Gasteiger partial charge on any atom is 0.241 e. The summed E-state index contributed by atoms with van der Waals surface area (Å²) in [5, 5.41) is 0. The maximum atomic E-state index is 12.2. The number of hydrogen-bond donors (Lipinski definition) is 1. The van der Waals surface area contributed by atoms with E-state index in [0.29, 0.717) is 11.0 Å². The van der Waals surface area contributed by atoms with Gasteiger partial charge in [-0.2, -0.15) is 0 Å². The minimum absolute atomic E-state index is 0.289. The van der Waals surface area contributed by atoms with Crippen LogP contribution < -0.4 is 4.72 Å². The Morgan fingerprint density at radius 2 is 1.89 bits per heavy atom. The van der Waals surface area contributed by atoms with Crippen molar-refractivity contribution in [1.82, 2.24) is 9.62 Å². The molecule has 0 radical (unpaired) electrons. The first-order chi connectivity index (χ1) is 8.90. The van der Waals surface area contributed by atoms with E-state index in [4.69, 9.17) is 0 Å². The summed E-state index contributed by atoms with van der Waals surface area (Å²) in [6, 6.07) is 5.22. The first-order valence-corrected chi connectivity index (χ1v) is 8.66. The van der Waals surface area contributed by atoms with Gasteiger partial charge in [0.2, 0.25) is 10.0 Å². The van der Waals surface area contributed by atoms with E-state index >= 15 is 0 Å². The molecule has 1 aromatic rings. The second-order valence-electron chi connectivity index (χ2n) is 4.36. The standard InChI is InChI=1S/C13H21BrN2O2S/c1-4-16(5-2)9-8-15-19(17,18)13-7-6-11(3)10-12(13)14/h6-7,10,15H,4-5,8-9H2,1-3H3. The van der Waals surface area contributed by atoms with Gasteiger partial charge in [0.05, 0.1) is 4.90 Å². The molecular weight excluding hydrogens is 328 g/mol. The third-order valence-electron chi connectivity index (χ3n) is 2.99. The molecule has 0 fully saturated rings. The van der Waals surface area contributed by atoms with Crippen molar-refractivity contribution in [2.24, 2.45) is 0 Å². The van der Waals surface area contributed by atoms with Gasteiger partial charge >= 0.3 is 0 Å². The van der Waals surface area contributed by atoms with E-state index < -0.39 is 10.0 Å². The van der Waals surface area contributed by atoms with E-state index in [1.54, 1.807) is 18.2 Å². The zero-order valence-corrected chi connectivity index (χ0v) is 14.0. The minimum atomic E-state index is -3.44. The lowest BCUT2D eigenvalue weighted by molar-refractivity contribution is 0.309. The molecule has 19 heavy (non-hydrogen) atoms. The Kier molecular flexibility index (Phi) is 6.46. The number of sulfonamides is 1. The van der Waals surface area contributed by atoms with Gasteiger partial charge in [-0.05, 0) is 53.6 Å². The molecular formula is C13H21BrN2O2S. The SMILES string of the molecule is CCN(CC)CCNS(=O)(=O)c1ccc(C)cc1Br. The summed E-state index contributed by atoms with van der Waals surface area (Å²) in [7, 11) is -3.44. The highest BCUT2D eigenvalue weighted by Gasteiger charge is 2.17. The number of hydrogen-bond acceptors (Lipinski definition) is 3. The molecule has 0 aliphatic heterocycles. The van der Waals surface area contributed by atoms with Crippen molar-refractivity contribution in [2.75, 3.05) is 26.2 Å². The van der Waals surface area contributed by atoms with Crippen LogP contribution in [-0.2, 0) is 10.0 Å². The van der Waals surface area contributed by atoms with Crippen LogP contribution in [0.15, 0.2) is 27.6 Å². The molecule has 0 atom stereocenters. The lowest BCUT2D eigenvalue weighted by atomic mass is 10.2. The van der Waals surface area contributed by atoms with Gasteiger partial charge in [0.1, 0.15) is 0 Å². The van der Waals surface area contributed by atoms with Crippen LogP contribution in [0.2, 0.25) is 0 Å². The third kappa shape index (κ3) is 4.87. The third-order valence-corrected chi connectivity index (χ3v) is 5.43. The first kappa shape index (κ1) is 16.6. The molecule has 0 bridgehead atoms. The molecule has 0 saturated carbocycles. The molecule has 0 saturated heterocycles. The molecule has 0 aromatic heterocycles. The van der Waals surface area contributed by atoms with Crippen LogP contribution in [0.1, 0.15) is 19.4 Å². The van der Waals surface area contributed by atoms with Crippen molar-refractivity contribution in [3.63, 3.8) is 0 Å². The van der Waals surface area contributed by atoms with Gasteiger partial charge < -0.3 is 4.90 Å². The molecule has 1 N–H and O–H groups in total. The zero-order chi connectivity index (χ0) is 14.5. The van der Waals surface area contributed by atoms with Crippen molar-refractivity contribution < 1.29 is 8.42 Å². The van der Waals surface area contributed by atoms with Gasteiger partial charge in [-0.15, -0.1) is 0 Å². The van der Waals surface area contributed by atoms with E-state index in [-0.39, 0.29) is 4.90 Å². The maximum absolute atomic E-state index is 12.2. The van der Waals surface area contributed by atoms with Gasteiger partial charge in [0.15, 0.2) is 0 Å². The number of nitrogens with one attached hydrogen (secondary N) is 1. The molecule has 0 spiro atoms. The van der Waals surface area contributed by atoms with E-state index in [0.717, 1.165) is 25.2 Å². The Labute approximate surface area is 124 Å². The summed E-state index contributed by atoms with van der Waals surface area (Å²) in [5.74, 6) is 0. The second kappa shape index (κ2) is 7.38. The Balaban J connectivity index is 2.71. The van der Waals surface area contributed by atoms with Crippen molar-refractivity contribution in [1.29, 1.82) is 0 Å². The average Bonchev–Trinajstić information content (AvgIpc) is 2.34. The predicted octanol–water partition coefficient (Wildman–Crippen LogP) is 2.38. The van der Waals surface area contributed by atoms with E-state index in [1.807, 2.05) is 6.92 Å². The highest BCUT2D eigenvalue weighted by atomic mass is 79.9. The molecule has 4 nitrogen and oxygen atoms in total. The molecule has 6 heteroatoms. The largest absolute Gasteiger partial charge is 0.303 e. The monoisotopic (exact) mass is 348 g/mol. The van der Waals surface area contributed by atoms with Gasteiger partial charge in [-0.25, -0.2) is 13.1 Å². The van der Waals surface area contributed by atoms with Crippen molar-refractivity contribution in [3.05, 3.63) is 28.2 Å². The molecule has 0 unspecified atom stereocenters. The van der Waals surface area contributed by atoms with Crippen LogP contribution in [0.25, 0.3) is 0 Å². The summed E-state index contributed by atoms with van der Waals surface area (Å²) < 4.78 is 27.6. The Hall–Kier alpha value is -0.430. The van der Waals surface area contributed by atoms with Crippen LogP contribution in [0.4, 0.5) is 0 Å². The summed E-state index contributed by atoms with van der Waals surface area (Å²) in [4.78, 5) is 2.46. The van der Waals surface area contributed by atoms with E-state index in [1.165, 1.54) is 0 Å². The van der Waals surface area contributed by atoms with Crippen LogP contribution >= 0.6 is 15.9 Å². The lowest BCUT2D eigenvalue weighted by Crippen LogP contribution is -2.34. The topological polar surface area (TPSA) is 49.4 Å². The highest BCUT2D eigenvalue weighted by molar-refractivity contribution is 9.10. The quantitative estimate of drug-likeness (QED) is 0.822. The molecule has 1 aromatic carbocycles. The van der Waals surface area contributed by atoms with Crippen molar-refractivity contribution in [3.8, 4) is 0 Å². The summed E-state index contributed by atoms with van der Waals surface area (Å²) in [6.45, 7) is 9.04. The summed E-state index contributed by atoms with van der Waals surface area (Å²) >= 11 is 3.30. The molecule has 0 heterocycles. The van der Waals surface area contributed by atoms with Crippen LogP contribution in [0.3, 0.4) is 0 Å². The van der Waals surface area contributed by atoms with Gasteiger partial charge in [-0.1, -0.05) is 19.9 Å². The smallest absolute Gasteiger partial charge is 0.241 e. The summed E-state index contributed by atoms with van der Waals surface area (Å²) in [5.41, 5.74) is 1.02. The van der Waals surface area contributed by atoms with E-state index in [2.05, 4.69) is 39.4 Å². The average molecular weight is 349 g/mol. The van der Waals surface area contributed by atoms with Gasteiger partial charge in [0, 0.05) is 17.6 Å². The van der Waals surface area contributed by atoms with Crippen LogP contribution in [0.5, 0.6) is 0 Å². The number of rotatable bonds is 7. The number of nitrogens with zero attached hydrogens (tertiary/aromatic N) is 1. The van der Waals surface area contributed by atoms with Gasteiger partial charge in [-0.3, -0.25) is 0 Å². The van der Waals surface area contributed by atoms with Crippen LogP contribution in [-0.4, -0.2) is 39.5 Å². The second-order valence-corrected chi connectivity index (χ2v) is 6.95. The molecule has 108 valence electrons. The number of likely N-dealkylation sites (N-methyl/N-ethyl adjacent to an activating group) is 1. The molecule has 0 aliphatic rings. The molecule has 0 aliphatic carbocycles. The fourth-order valence-corrected chi connectivity index (χ4v) is 3.99. The number of halogens is 1. The zero-order valence-electron chi connectivity index (χ0n) is 11.6. The molecule has 1 rings (SSSR count). The Morgan fingerprint density at radius 1 is 1.26 bits per heavy atom. The number of aryl methyl sites for hydroxylation is 1. The van der Waals surface area contributed by atoms with Crippen LogP contribution in [0, 0.1) is 6.92 Å². The lowest BCUT2D eigenvalue weighted by Gasteiger charge is -2.18. The normalized spacial score (nSPS) is 12.1. The van der Waals surface area contributed by atoms with Crippen molar-refractivity contribution >= 4 is 26.0 Å². The van der Waals surface area contributed by atoms with Gasteiger partial charge in [0.25, 0.3) is 0 Å². The fourth-order valence-electron chi connectivity index (χ4n) is 1.78. The Morgan fingerprint density at radius 3 is 2.42 bits per heavy atom. The highest BCUT2D eigenvalue weighted by Crippen LogP contribution is 2.22. The number of benzene rings is 1. The van der Waals surface area contributed by atoms with E-state index in [9.17, 15) is 8.42 Å². The summed E-state index contributed by atoms with van der Waals surface area (Å²) in [6.07, 6.45) is 0. The fraction of sp³-hybridized carbons (Fsp3) is 0.538. The van der Waals surface area contributed by atoms with Crippen molar-refractivity contribution in [2.45, 2.75) is 25.7 Å². The Bertz CT molecular complexity index is 513. The first-order valence-electron chi connectivity index (χ1n) is 6.39. The molecule has 0 amide bonds.